The largest absolute Gasteiger partial charge is 0.481 e. The second-order valence-corrected chi connectivity index (χ2v) is 8.93. The third-order valence-corrected chi connectivity index (χ3v) is 6.71. The van der Waals surface area contributed by atoms with Crippen LogP contribution in [0.1, 0.15) is 36.3 Å². The van der Waals surface area contributed by atoms with Crippen LogP contribution in [0.3, 0.4) is 0 Å². The smallest absolute Gasteiger partial charge is 0.411 e. The Labute approximate surface area is 202 Å². The fourth-order valence-corrected chi connectivity index (χ4v) is 5.09. The van der Waals surface area contributed by atoms with Crippen LogP contribution in [0.2, 0.25) is 0 Å². The first kappa shape index (κ1) is 22.6. The zero-order valence-electron chi connectivity index (χ0n) is 19.0. The fourth-order valence-electron chi connectivity index (χ4n) is 5.09. The van der Waals surface area contributed by atoms with E-state index in [1.807, 2.05) is 24.3 Å². The average Bonchev–Trinajstić information content (AvgIpc) is 3.56. The van der Waals surface area contributed by atoms with Gasteiger partial charge >= 0.3 is 12.1 Å². The molecule has 0 saturated heterocycles. The number of carbonyl (C=O) groups is 3. The van der Waals surface area contributed by atoms with Crippen molar-refractivity contribution in [1.29, 1.82) is 0 Å². The zero-order chi connectivity index (χ0) is 24.4. The standard InChI is InChI=1S/C26H26N4O5/c31-24(29-23-11-5-10-21(23)25(32)33)14-30-13-16(12-27-30)28-26(34)35-15-22-19-8-3-1-6-17(19)18-7-2-4-9-20(18)22/h1-4,6-9,12-13,21-23H,5,10-11,14-15H2,(H,28,34)(H,29,31)(H,32,33). The topological polar surface area (TPSA) is 123 Å². The van der Waals surface area contributed by atoms with Gasteiger partial charge in [0.2, 0.25) is 5.91 Å². The highest BCUT2D eigenvalue weighted by atomic mass is 16.5. The van der Waals surface area contributed by atoms with Crippen molar-refractivity contribution < 1.29 is 24.2 Å². The normalized spacial score (nSPS) is 18.5. The number of carboxylic acid groups (broad SMARTS) is 1. The van der Waals surface area contributed by atoms with Gasteiger partial charge in [0.25, 0.3) is 0 Å². The molecule has 2 aliphatic rings. The Morgan fingerprint density at radius 3 is 2.40 bits per heavy atom. The number of aliphatic carboxylic acids is 1. The van der Waals surface area contributed by atoms with Crippen LogP contribution in [0.5, 0.6) is 0 Å². The van der Waals surface area contributed by atoms with Crippen LogP contribution >= 0.6 is 0 Å². The van der Waals surface area contributed by atoms with Crippen molar-refractivity contribution >= 4 is 23.7 Å². The monoisotopic (exact) mass is 474 g/mol. The average molecular weight is 475 g/mol. The summed E-state index contributed by atoms with van der Waals surface area (Å²) in [5, 5.41) is 18.8. The number of fused-ring (bicyclic) bond motifs is 3. The molecule has 9 nitrogen and oxygen atoms in total. The van der Waals surface area contributed by atoms with E-state index in [2.05, 4.69) is 40.0 Å². The first-order valence-electron chi connectivity index (χ1n) is 11.7. The van der Waals surface area contributed by atoms with Crippen molar-refractivity contribution in [2.24, 2.45) is 5.92 Å². The van der Waals surface area contributed by atoms with Gasteiger partial charge in [-0.1, -0.05) is 55.0 Å². The molecule has 0 aliphatic heterocycles. The minimum Gasteiger partial charge on any atom is -0.481 e. The Bertz CT molecular complexity index is 1220. The molecule has 180 valence electrons. The number of nitrogens with zero attached hydrogens (tertiary/aromatic N) is 2. The Balaban J connectivity index is 1.15. The molecular weight excluding hydrogens is 448 g/mol. The number of anilines is 1. The zero-order valence-corrected chi connectivity index (χ0v) is 19.0. The summed E-state index contributed by atoms with van der Waals surface area (Å²) in [5.41, 5.74) is 4.98. The van der Waals surface area contributed by atoms with Crippen LogP contribution in [0, 0.1) is 5.92 Å². The highest BCUT2D eigenvalue weighted by Crippen LogP contribution is 2.44. The van der Waals surface area contributed by atoms with Gasteiger partial charge < -0.3 is 15.2 Å². The molecular formula is C26H26N4O5. The summed E-state index contributed by atoms with van der Waals surface area (Å²) in [6.45, 7) is 0.123. The predicted octanol–water partition coefficient (Wildman–Crippen LogP) is 3.61. The lowest BCUT2D eigenvalue weighted by Crippen LogP contribution is -2.41. The highest BCUT2D eigenvalue weighted by Gasteiger charge is 2.34. The summed E-state index contributed by atoms with van der Waals surface area (Å²) < 4.78 is 6.92. The molecule has 3 N–H and O–H groups in total. The van der Waals surface area contributed by atoms with Gasteiger partial charge in [0.15, 0.2) is 0 Å². The molecule has 0 spiro atoms. The van der Waals surface area contributed by atoms with Crippen molar-refractivity contribution in [3.8, 4) is 11.1 Å². The summed E-state index contributed by atoms with van der Waals surface area (Å²) >= 11 is 0. The van der Waals surface area contributed by atoms with E-state index < -0.39 is 18.0 Å². The van der Waals surface area contributed by atoms with Gasteiger partial charge in [-0.2, -0.15) is 5.10 Å². The van der Waals surface area contributed by atoms with Gasteiger partial charge in [0.1, 0.15) is 13.2 Å². The molecule has 2 atom stereocenters. The third kappa shape index (κ3) is 4.75. The number of ether oxygens (including phenoxy) is 1. The van der Waals surface area contributed by atoms with Crippen LogP contribution in [-0.4, -0.2) is 45.5 Å². The van der Waals surface area contributed by atoms with E-state index in [4.69, 9.17) is 4.74 Å². The van der Waals surface area contributed by atoms with Crippen LogP contribution in [0.25, 0.3) is 11.1 Å². The number of amides is 2. The maximum atomic E-state index is 12.4. The molecule has 3 aromatic rings. The molecule has 2 aliphatic carbocycles. The number of aromatic nitrogens is 2. The fraction of sp³-hybridized carbons (Fsp3) is 0.308. The Hall–Kier alpha value is -4.14. The van der Waals surface area contributed by atoms with Gasteiger partial charge in [-0.3, -0.25) is 19.6 Å². The molecule has 2 aromatic carbocycles. The minimum atomic E-state index is -0.888. The summed E-state index contributed by atoms with van der Waals surface area (Å²) in [4.78, 5) is 36.1. The van der Waals surface area contributed by atoms with Gasteiger partial charge in [0, 0.05) is 18.2 Å². The third-order valence-electron chi connectivity index (χ3n) is 6.71. The first-order chi connectivity index (χ1) is 17.0. The molecule has 2 amide bonds. The molecule has 1 saturated carbocycles. The quantitative estimate of drug-likeness (QED) is 0.481. The van der Waals surface area contributed by atoms with Crippen molar-refractivity contribution in [1.82, 2.24) is 15.1 Å². The summed E-state index contributed by atoms with van der Waals surface area (Å²) in [7, 11) is 0. The van der Waals surface area contributed by atoms with E-state index in [-0.39, 0.29) is 31.0 Å². The molecule has 35 heavy (non-hydrogen) atoms. The van der Waals surface area contributed by atoms with E-state index in [1.54, 1.807) is 0 Å². The number of benzene rings is 2. The number of hydrogen-bond acceptors (Lipinski definition) is 5. The number of nitrogens with one attached hydrogen (secondary N) is 2. The van der Waals surface area contributed by atoms with Gasteiger partial charge in [-0.15, -0.1) is 0 Å². The lowest BCUT2D eigenvalue weighted by Gasteiger charge is -2.17. The number of carbonyl (C=O) groups excluding carboxylic acids is 2. The first-order valence-corrected chi connectivity index (χ1v) is 11.7. The van der Waals surface area contributed by atoms with Gasteiger partial charge in [0.05, 0.1) is 17.8 Å². The molecule has 5 rings (SSSR count). The second-order valence-electron chi connectivity index (χ2n) is 8.93. The second kappa shape index (κ2) is 9.61. The van der Waals surface area contributed by atoms with E-state index in [0.717, 1.165) is 28.7 Å². The molecule has 2 unspecified atom stereocenters. The highest BCUT2D eigenvalue weighted by molar-refractivity contribution is 5.85. The lowest BCUT2D eigenvalue weighted by atomic mass is 9.98. The Morgan fingerprint density at radius 2 is 1.71 bits per heavy atom. The van der Waals surface area contributed by atoms with E-state index in [9.17, 15) is 19.5 Å². The van der Waals surface area contributed by atoms with E-state index >= 15 is 0 Å². The summed E-state index contributed by atoms with van der Waals surface area (Å²) in [6, 6.07) is 15.9. The molecule has 1 aromatic heterocycles. The molecule has 1 heterocycles. The van der Waals surface area contributed by atoms with Crippen LogP contribution in [-0.2, 0) is 20.9 Å². The SMILES string of the molecule is O=C(Cn1cc(NC(=O)OCC2c3ccccc3-c3ccccc32)cn1)NC1CCCC1C(=O)O. The van der Waals surface area contributed by atoms with Gasteiger partial charge in [-0.25, -0.2) is 4.79 Å². The maximum absolute atomic E-state index is 12.4. The Kier molecular flexibility index (Phi) is 6.22. The predicted molar refractivity (Wildman–Crippen MR) is 128 cm³/mol. The molecule has 9 heteroatoms. The molecule has 0 bridgehead atoms. The lowest BCUT2D eigenvalue weighted by molar-refractivity contribution is -0.142. The maximum Gasteiger partial charge on any atom is 0.411 e. The number of carboxylic acids is 1. The van der Waals surface area contributed by atoms with Crippen LogP contribution in [0.4, 0.5) is 10.5 Å². The summed E-state index contributed by atoms with van der Waals surface area (Å²) in [6.07, 6.45) is 4.35. The number of hydrogen-bond donors (Lipinski definition) is 3. The van der Waals surface area contributed by atoms with E-state index in [0.29, 0.717) is 18.5 Å². The van der Waals surface area contributed by atoms with Crippen LogP contribution < -0.4 is 10.6 Å². The van der Waals surface area contributed by atoms with Crippen molar-refractivity contribution in [3.05, 3.63) is 72.1 Å². The molecule has 0 radical (unpaired) electrons. The minimum absolute atomic E-state index is 0.0372. The van der Waals surface area contributed by atoms with Crippen LogP contribution in [0.15, 0.2) is 60.9 Å². The number of rotatable bonds is 7. The molecule has 1 fully saturated rings. The van der Waals surface area contributed by atoms with E-state index in [1.165, 1.54) is 17.1 Å². The van der Waals surface area contributed by atoms with Gasteiger partial charge in [-0.05, 0) is 35.1 Å². The van der Waals surface area contributed by atoms with Crippen molar-refractivity contribution in [3.63, 3.8) is 0 Å². The Morgan fingerprint density at radius 1 is 1.03 bits per heavy atom. The van der Waals surface area contributed by atoms with Crippen molar-refractivity contribution in [2.75, 3.05) is 11.9 Å². The summed E-state index contributed by atoms with van der Waals surface area (Å²) in [5.74, 6) is -1.80. The van der Waals surface area contributed by atoms with Crippen molar-refractivity contribution in [2.45, 2.75) is 37.8 Å².